The van der Waals surface area contributed by atoms with Gasteiger partial charge in [0, 0.05) is 23.9 Å². The van der Waals surface area contributed by atoms with Crippen LogP contribution in [-0.4, -0.2) is 31.8 Å². The van der Waals surface area contributed by atoms with E-state index in [-0.39, 0.29) is 11.4 Å². The maximum Gasteiger partial charge on any atom is 0.277 e. The van der Waals surface area contributed by atoms with Crippen molar-refractivity contribution in [1.29, 1.82) is 0 Å². The Morgan fingerprint density at radius 1 is 1.14 bits per heavy atom. The smallest absolute Gasteiger partial charge is 0.277 e. The van der Waals surface area contributed by atoms with Crippen LogP contribution in [0, 0.1) is 6.92 Å². The predicted molar refractivity (Wildman–Crippen MR) is 107 cm³/mol. The van der Waals surface area contributed by atoms with Crippen molar-refractivity contribution in [2.45, 2.75) is 13.3 Å². The summed E-state index contributed by atoms with van der Waals surface area (Å²) in [5.41, 5.74) is 2.88. The maximum absolute atomic E-state index is 12.6. The maximum atomic E-state index is 12.6. The molecule has 1 aliphatic heterocycles. The highest BCUT2D eigenvalue weighted by Crippen LogP contribution is 2.29. The summed E-state index contributed by atoms with van der Waals surface area (Å²) < 4.78 is 31.0. The van der Waals surface area contributed by atoms with E-state index in [0.29, 0.717) is 30.1 Å². The van der Waals surface area contributed by atoms with Gasteiger partial charge in [-0.15, -0.1) is 0 Å². The van der Waals surface area contributed by atoms with Gasteiger partial charge in [0.2, 0.25) is 10.0 Å². The third kappa shape index (κ3) is 3.50. The number of nitrogens with one attached hydrogen (secondary N) is 1. The predicted octanol–water partition coefficient (Wildman–Crippen LogP) is 3.44. The van der Waals surface area contributed by atoms with Gasteiger partial charge < -0.3 is 9.84 Å². The molecular formula is C20H19N3O4S. The fourth-order valence-electron chi connectivity index (χ4n) is 3.14. The van der Waals surface area contributed by atoms with E-state index in [9.17, 15) is 13.2 Å². The number of carbonyl (C=O) groups excluding carboxylic acids is 1. The first-order valence-corrected chi connectivity index (χ1v) is 10.5. The molecule has 1 aliphatic rings. The third-order valence-corrected chi connectivity index (χ3v) is 6.53. The number of sulfonamides is 1. The molecule has 1 amide bonds. The van der Waals surface area contributed by atoms with E-state index in [1.54, 1.807) is 24.3 Å². The SMILES string of the molecule is Cc1ccc(N2CCCS2(=O)=O)cc1NC(=O)c1cc(-c2ccccc2)on1. The fourth-order valence-corrected chi connectivity index (χ4v) is 4.69. The van der Waals surface area contributed by atoms with Crippen molar-refractivity contribution in [1.82, 2.24) is 5.16 Å². The minimum atomic E-state index is -3.28. The molecule has 0 radical (unpaired) electrons. The van der Waals surface area contributed by atoms with Crippen molar-refractivity contribution in [3.63, 3.8) is 0 Å². The zero-order valence-corrected chi connectivity index (χ0v) is 16.1. The van der Waals surface area contributed by atoms with E-state index in [2.05, 4.69) is 10.5 Å². The summed E-state index contributed by atoms with van der Waals surface area (Å²) in [6, 6.07) is 16.2. The number of aromatic nitrogens is 1. The largest absolute Gasteiger partial charge is 0.355 e. The molecule has 0 atom stereocenters. The number of hydrogen-bond donors (Lipinski definition) is 1. The fraction of sp³-hybridized carbons (Fsp3) is 0.200. The van der Waals surface area contributed by atoms with Gasteiger partial charge in [-0.25, -0.2) is 8.42 Å². The van der Waals surface area contributed by atoms with Crippen molar-refractivity contribution in [2.24, 2.45) is 0 Å². The van der Waals surface area contributed by atoms with Gasteiger partial charge in [0.15, 0.2) is 11.5 Å². The second-order valence-electron chi connectivity index (χ2n) is 6.64. The number of anilines is 2. The highest BCUT2D eigenvalue weighted by Gasteiger charge is 2.28. The summed E-state index contributed by atoms with van der Waals surface area (Å²) in [6.45, 7) is 2.29. The van der Waals surface area contributed by atoms with E-state index in [1.807, 2.05) is 37.3 Å². The molecule has 4 rings (SSSR count). The molecule has 0 bridgehead atoms. The summed E-state index contributed by atoms with van der Waals surface area (Å²) in [7, 11) is -3.28. The molecule has 0 saturated carbocycles. The van der Waals surface area contributed by atoms with E-state index in [0.717, 1.165) is 11.1 Å². The van der Waals surface area contributed by atoms with Gasteiger partial charge >= 0.3 is 0 Å². The van der Waals surface area contributed by atoms with Gasteiger partial charge in [-0.2, -0.15) is 0 Å². The average molecular weight is 397 g/mol. The van der Waals surface area contributed by atoms with Crippen LogP contribution < -0.4 is 9.62 Å². The molecule has 1 aromatic heterocycles. The lowest BCUT2D eigenvalue weighted by Crippen LogP contribution is -2.25. The number of hydrogen-bond acceptors (Lipinski definition) is 5. The standard InChI is InChI=1S/C20H19N3O4S/c1-14-8-9-16(23-10-5-11-28(23,25)26)12-17(14)21-20(24)18-13-19(27-22-18)15-6-3-2-4-7-15/h2-4,6-9,12-13H,5,10-11H2,1H3,(H,21,24). The number of carbonyl (C=O) groups is 1. The molecule has 0 spiro atoms. The van der Waals surface area contributed by atoms with Gasteiger partial charge in [0.05, 0.1) is 11.4 Å². The minimum absolute atomic E-state index is 0.143. The van der Waals surface area contributed by atoms with Crippen LogP contribution in [0.2, 0.25) is 0 Å². The Hall–Kier alpha value is -3.13. The van der Waals surface area contributed by atoms with Crippen LogP contribution in [0.1, 0.15) is 22.5 Å². The van der Waals surface area contributed by atoms with E-state index >= 15 is 0 Å². The zero-order chi connectivity index (χ0) is 19.7. The molecule has 1 N–H and O–H groups in total. The molecule has 0 unspecified atom stereocenters. The van der Waals surface area contributed by atoms with Crippen LogP contribution in [0.25, 0.3) is 11.3 Å². The average Bonchev–Trinajstić information content (AvgIpc) is 3.31. The number of rotatable bonds is 4. The van der Waals surface area contributed by atoms with E-state index in [1.165, 1.54) is 4.31 Å². The molecule has 1 saturated heterocycles. The summed E-state index contributed by atoms with van der Waals surface area (Å²) in [5.74, 6) is 0.221. The first kappa shape index (κ1) is 18.2. The number of nitrogens with zero attached hydrogens (tertiary/aromatic N) is 2. The quantitative estimate of drug-likeness (QED) is 0.728. The molecule has 7 nitrogen and oxygen atoms in total. The second-order valence-corrected chi connectivity index (χ2v) is 8.65. The molecular weight excluding hydrogens is 378 g/mol. The Morgan fingerprint density at radius 3 is 2.64 bits per heavy atom. The van der Waals surface area contributed by atoms with Crippen LogP contribution in [0.3, 0.4) is 0 Å². The molecule has 1 fully saturated rings. The highest BCUT2D eigenvalue weighted by molar-refractivity contribution is 7.93. The molecule has 8 heteroatoms. The Bertz CT molecular complexity index is 1120. The Balaban J connectivity index is 1.57. The van der Waals surface area contributed by atoms with E-state index in [4.69, 9.17) is 4.52 Å². The van der Waals surface area contributed by atoms with Crippen molar-refractivity contribution < 1.29 is 17.7 Å². The van der Waals surface area contributed by atoms with Crippen LogP contribution in [0.5, 0.6) is 0 Å². The second kappa shape index (κ2) is 7.12. The van der Waals surface area contributed by atoms with Gasteiger partial charge in [-0.3, -0.25) is 9.10 Å². The molecule has 28 heavy (non-hydrogen) atoms. The number of aryl methyl sites for hydroxylation is 1. The van der Waals surface area contributed by atoms with Crippen LogP contribution >= 0.6 is 0 Å². The first-order valence-electron chi connectivity index (χ1n) is 8.88. The summed E-state index contributed by atoms with van der Waals surface area (Å²) >= 11 is 0. The molecule has 2 aromatic carbocycles. The lowest BCUT2D eigenvalue weighted by atomic mass is 10.1. The lowest BCUT2D eigenvalue weighted by Gasteiger charge is -2.18. The minimum Gasteiger partial charge on any atom is -0.355 e. The molecule has 3 aromatic rings. The van der Waals surface area contributed by atoms with Gasteiger partial charge in [0.25, 0.3) is 5.91 Å². The number of benzene rings is 2. The van der Waals surface area contributed by atoms with Crippen LogP contribution in [0.4, 0.5) is 11.4 Å². The Morgan fingerprint density at radius 2 is 1.93 bits per heavy atom. The normalized spacial score (nSPS) is 15.5. The zero-order valence-electron chi connectivity index (χ0n) is 15.3. The van der Waals surface area contributed by atoms with Crippen molar-refractivity contribution in [3.05, 3.63) is 65.9 Å². The number of amides is 1. The molecule has 2 heterocycles. The van der Waals surface area contributed by atoms with Gasteiger partial charge in [-0.1, -0.05) is 41.6 Å². The topological polar surface area (TPSA) is 92.5 Å². The van der Waals surface area contributed by atoms with Crippen LogP contribution in [-0.2, 0) is 10.0 Å². The summed E-state index contributed by atoms with van der Waals surface area (Å²) in [6.07, 6.45) is 0.596. The monoisotopic (exact) mass is 397 g/mol. The highest BCUT2D eigenvalue weighted by atomic mass is 32.2. The Kier molecular flexibility index (Phi) is 4.64. The first-order chi connectivity index (χ1) is 13.4. The summed E-state index contributed by atoms with van der Waals surface area (Å²) in [4.78, 5) is 12.6. The van der Waals surface area contributed by atoms with Crippen molar-refractivity contribution >= 4 is 27.3 Å². The summed E-state index contributed by atoms with van der Waals surface area (Å²) in [5, 5.41) is 6.65. The van der Waals surface area contributed by atoms with E-state index < -0.39 is 15.9 Å². The van der Waals surface area contributed by atoms with Crippen molar-refractivity contribution in [3.8, 4) is 11.3 Å². The van der Waals surface area contributed by atoms with Gasteiger partial charge in [0.1, 0.15) is 0 Å². The van der Waals surface area contributed by atoms with Crippen LogP contribution in [0.15, 0.2) is 59.1 Å². The molecule has 0 aliphatic carbocycles. The third-order valence-electron chi connectivity index (χ3n) is 4.66. The lowest BCUT2D eigenvalue weighted by molar-refractivity contribution is 0.101. The molecule has 144 valence electrons. The Labute approximate surface area is 163 Å². The van der Waals surface area contributed by atoms with Crippen molar-refractivity contribution in [2.75, 3.05) is 21.9 Å². The van der Waals surface area contributed by atoms with Gasteiger partial charge in [-0.05, 0) is 31.0 Å².